The molecule has 1 aromatic carbocycles. The molecule has 5 nitrogen and oxygen atoms in total. The van der Waals surface area contributed by atoms with Crippen molar-refractivity contribution in [2.45, 2.75) is 38.6 Å². The fourth-order valence-electron chi connectivity index (χ4n) is 4.39. The van der Waals surface area contributed by atoms with Crippen LogP contribution >= 0.6 is 11.6 Å². The smallest absolute Gasteiger partial charge is 0.155 e. The Morgan fingerprint density at radius 3 is 2.81 bits per heavy atom. The number of hydrogen-bond donors (Lipinski definition) is 0. The topological polar surface area (TPSA) is 56.1 Å². The minimum Gasteiger partial charge on any atom is -0.351 e. The molecule has 4 rings (SSSR count). The molecule has 6 heteroatoms. The van der Waals surface area contributed by atoms with Crippen LogP contribution in [0.5, 0.6) is 0 Å². The summed E-state index contributed by atoms with van der Waals surface area (Å²) in [4.78, 5) is 4.88. The van der Waals surface area contributed by atoms with Crippen LogP contribution in [0.1, 0.15) is 36.0 Å². The zero-order valence-electron chi connectivity index (χ0n) is 15.9. The van der Waals surface area contributed by atoms with Gasteiger partial charge in [-0.2, -0.15) is 5.26 Å². The normalized spacial score (nSPS) is 20.2. The van der Waals surface area contributed by atoms with Crippen LogP contribution in [0.4, 0.5) is 5.82 Å². The maximum Gasteiger partial charge on any atom is 0.155 e. The molecule has 0 N–H and O–H groups in total. The second-order valence-electron chi connectivity index (χ2n) is 7.64. The van der Waals surface area contributed by atoms with E-state index in [0.29, 0.717) is 16.6 Å². The number of anilines is 1. The largest absolute Gasteiger partial charge is 0.351 e. The summed E-state index contributed by atoms with van der Waals surface area (Å²) in [6.45, 7) is 5.44. The molecule has 0 aliphatic carbocycles. The van der Waals surface area contributed by atoms with Gasteiger partial charge in [-0.3, -0.25) is 0 Å². The van der Waals surface area contributed by atoms with Crippen LogP contribution in [0.2, 0.25) is 5.02 Å². The Morgan fingerprint density at radius 1 is 1.22 bits per heavy atom. The van der Waals surface area contributed by atoms with Crippen molar-refractivity contribution in [2.75, 3.05) is 31.6 Å². The number of rotatable bonds is 2. The fourth-order valence-corrected chi connectivity index (χ4v) is 4.66. The molecule has 2 aliphatic rings. The molecule has 0 radical (unpaired) electrons. The summed E-state index contributed by atoms with van der Waals surface area (Å²) in [7, 11) is 2.20. The van der Waals surface area contributed by atoms with Gasteiger partial charge in [0, 0.05) is 30.3 Å². The second kappa shape index (κ2) is 7.46. The Balaban J connectivity index is 1.72. The molecular weight excluding hydrogens is 358 g/mol. The third-order valence-electron chi connectivity index (χ3n) is 5.81. The maximum absolute atomic E-state index is 9.06. The van der Waals surface area contributed by atoms with Crippen LogP contribution in [-0.4, -0.2) is 47.8 Å². The zero-order chi connectivity index (χ0) is 19.0. The minimum atomic E-state index is 0.515. The molecule has 2 aliphatic heterocycles. The summed E-state index contributed by atoms with van der Waals surface area (Å²) in [6, 6.07) is 8.00. The van der Waals surface area contributed by atoms with E-state index in [1.807, 2.05) is 6.07 Å². The Labute approximate surface area is 165 Å². The highest BCUT2D eigenvalue weighted by atomic mass is 35.5. The van der Waals surface area contributed by atoms with Crippen LogP contribution in [0.3, 0.4) is 0 Å². The molecule has 2 aromatic rings. The standard InChI is InChI=1S/C21H24ClN5/c1-14-17-6-4-10-27(16-5-3-9-26(2)13-16)21(17)25-24-20(14)18-8-7-15(12-23)11-19(18)22/h7-8,11,16H,3-6,9-10,13H2,1-2H3. The molecule has 0 saturated carbocycles. The van der Waals surface area contributed by atoms with Crippen molar-refractivity contribution in [1.29, 1.82) is 5.26 Å². The summed E-state index contributed by atoms with van der Waals surface area (Å²) in [6.07, 6.45) is 4.61. The quantitative estimate of drug-likeness (QED) is 0.791. The number of benzene rings is 1. The monoisotopic (exact) mass is 381 g/mol. The van der Waals surface area contributed by atoms with E-state index in [2.05, 4.69) is 40.0 Å². The Hall–Kier alpha value is -2.16. The number of aromatic nitrogens is 2. The number of piperidine rings is 1. The summed E-state index contributed by atoms with van der Waals surface area (Å²) < 4.78 is 0. The number of hydrogen-bond acceptors (Lipinski definition) is 5. The Kier molecular flexibility index (Phi) is 5.03. The van der Waals surface area contributed by atoms with Gasteiger partial charge >= 0.3 is 0 Å². The van der Waals surface area contributed by atoms with Gasteiger partial charge in [0.25, 0.3) is 0 Å². The molecule has 1 saturated heterocycles. The molecule has 27 heavy (non-hydrogen) atoms. The summed E-state index contributed by atoms with van der Waals surface area (Å²) in [5, 5.41) is 18.8. The number of likely N-dealkylation sites (tertiary alicyclic amines) is 1. The fraction of sp³-hybridized carbons (Fsp3) is 0.476. The minimum absolute atomic E-state index is 0.515. The molecular formula is C21H24ClN5. The average molecular weight is 382 g/mol. The van der Waals surface area contributed by atoms with Gasteiger partial charge in [-0.25, -0.2) is 0 Å². The van der Waals surface area contributed by atoms with Crippen molar-refractivity contribution >= 4 is 17.4 Å². The molecule has 140 valence electrons. The predicted octanol–water partition coefficient (Wildman–Crippen LogP) is 3.82. The van der Waals surface area contributed by atoms with Crippen molar-refractivity contribution < 1.29 is 0 Å². The molecule has 1 unspecified atom stereocenters. The summed E-state index contributed by atoms with van der Waals surface area (Å²) in [5.74, 6) is 1.05. The highest BCUT2D eigenvalue weighted by Gasteiger charge is 2.30. The molecule has 0 amide bonds. The van der Waals surface area contributed by atoms with E-state index in [0.717, 1.165) is 48.6 Å². The van der Waals surface area contributed by atoms with Crippen LogP contribution in [0.25, 0.3) is 11.3 Å². The van der Waals surface area contributed by atoms with E-state index < -0.39 is 0 Å². The van der Waals surface area contributed by atoms with Gasteiger partial charge in [0.1, 0.15) is 0 Å². The van der Waals surface area contributed by atoms with E-state index in [9.17, 15) is 0 Å². The van der Waals surface area contributed by atoms with Crippen molar-refractivity contribution in [2.24, 2.45) is 0 Å². The predicted molar refractivity (Wildman–Crippen MR) is 108 cm³/mol. The van der Waals surface area contributed by atoms with Gasteiger partial charge in [0.2, 0.25) is 0 Å². The van der Waals surface area contributed by atoms with Crippen molar-refractivity contribution in [3.05, 3.63) is 39.9 Å². The Morgan fingerprint density at radius 2 is 2.07 bits per heavy atom. The lowest BCUT2D eigenvalue weighted by Gasteiger charge is -2.41. The number of nitriles is 1. The first kappa shape index (κ1) is 18.2. The first-order valence-corrected chi connectivity index (χ1v) is 9.97. The van der Waals surface area contributed by atoms with Gasteiger partial charge in [-0.15, -0.1) is 10.2 Å². The maximum atomic E-state index is 9.06. The van der Waals surface area contributed by atoms with E-state index in [1.54, 1.807) is 12.1 Å². The molecule has 3 heterocycles. The summed E-state index contributed by atoms with van der Waals surface area (Å²) >= 11 is 6.43. The molecule has 0 bridgehead atoms. The van der Waals surface area contributed by atoms with Gasteiger partial charge in [0.15, 0.2) is 5.82 Å². The molecule has 0 spiro atoms. The number of halogens is 1. The number of likely N-dealkylation sites (N-methyl/N-ethyl adjacent to an activating group) is 1. The van der Waals surface area contributed by atoms with Crippen LogP contribution in [0, 0.1) is 18.3 Å². The van der Waals surface area contributed by atoms with E-state index in [4.69, 9.17) is 16.9 Å². The highest BCUT2D eigenvalue weighted by molar-refractivity contribution is 6.33. The first-order valence-electron chi connectivity index (χ1n) is 9.60. The van der Waals surface area contributed by atoms with Crippen LogP contribution in [0.15, 0.2) is 18.2 Å². The third-order valence-corrected chi connectivity index (χ3v) is 6.13. The highest BCUT2D eigenvalue weighted by Crippen LogP contribution is 2.36. The van der Waals surface area contributed by atoms with Crippen LogP contribution in [-0.2, 0) is 6.42 Å². The van der Waals surface area contributed by atoms with E-state index >= 15 is 0 Å². The van der Waals surface area contributed by atoms with Gasteiger partial charge in [-0.05, 0) is 70.0 Å². The van der Waals surface area contributed by atoms with Crippen molar-refractivity contribution in [3.8, 4) is 17.3 Å². The van der Waals surface area contributed by atoms with Crippen LogP contribution < -0.4 is 4.90 Å². The third kappa shape index (κ3) is 3.40. The first-order chi connectivity index (χ1) is 13.1. The number of fused-ring (bicyclic) bond motifs is 1. The van der Waals surface area contributed by atoms with Crippen molar-refractivity contribution in [3.63, 3.8) is 0 Å². The molecule has 1 atom stereocenters. The lowest BCUT2D eigenvalue weighted by molar-refractivity contribution is 0.242. The number of nitrogens with zero attached hydrogens (tertiary/aromatic N) is 5. The van der Waals surface area contributed by atoms with Gasteiger partial charge in [0.05, 0.1) is 22.3 Å². The van der Waals surface area contributed by atoms with E-state index in [1.165, 1.54) is 24.9 Å². The van der Waals surface area contributed by atoms with Gasteiger partial charge in [-0.1, -0.05) is 11.6 Å². The van der Waals surface area contributed by atoms with Gasteiger partial charge < -0.3 is 9.80 Å². The van der Waals surface area contributed by atoms with Crippen molar-refractivity contribution in [1.82, 2.24) is 15.1 Å². The zero-order valence-corrected chi connectivity index (χ0v) is 16.6. The molecule has 1 fully saturated rings. The Bertz CT molecular complexity index is 904. The second-order valence-corrected chi connectivity index (χ2v) is 8.04. The SMILES string of the molecule is Cc1c(-c2ccc(C#N)cc2Cl)nnc2c1CCCN2C1CCCN(C)C1. The lowest BCUT2D eigenvalue weighted by atomic mass is 9.94. The lowest BCUT2D eigenvalue weighted by Crippen LogP contribution is -2.49. The molecule has 1 aromatic heterocycles. The van der Waals surface area contributed by atoms with E-state index in [-0.39, 0.29) is 0 Å². The average Bonchev–Trinajstić information content (AvgIpc) is 2.68. The summed E-state index contributed by atoms with van der Waals surface area (Å²) in [5.41, 5.74) is 4.67.